The Balaban J connectivity index is 1.04. The summed E-state index contributed by atoms with van der Waals surface area (Å²) in [7, 11) is 0. The molecule has 0 N–H and O–H groups in total. The molecule has 70 heavy (non-hydrogen) atoms. The lowest BCUT2D eigenvalue weighted by molar-refractivity contribution is 1.10. The minimum absolute atomic E-state index is 0.906. The zero-order valence-corrected chi connectivity index (χ0v) is 38.0. The van der Waals surface area contributed by atoms with Gasteiger partial charge in [0, 0.05) is 22.5 Å². The number of nitrogens with zero attached hydrogens (tertiary/aromatic N) is 4. The smallest absolute Gasteiger partial charge is 0.145 e. The molecule has 0 radical (unpaired) electrons. The van der Waals surface area contributed by atoms with Crippen LogP contribution in [-0.2, 0) is 0 Å². The van der Waals surface area contributed by atoms with E-state index in [-0.39, 0.29) is 0 Å². The molecule has 326 valence electrons. The highest BCUT2D eigenvalue weighted by Crippen LogP contribution is 2.49. The SMILES string of the molecule is c1ccc(-n2c(-c3ccc(-c4ccc5c(-c6cccc7ccccc67)c6cc(-c7nc8ccccc8n7-c7ccccc7)ccc6c(-c6cccc7ccccc67)c5c4)cc3)nc3ccccc32)cc1. The fourth-order valence-electron chi connectivity index (χ4n) is 10.9. The first kappa shape index (κ1) is 39.8. The van der Waals surface area contributed by atoms with Gasteiger partial charge in [-0.3, -0.25) is 9.13 Å². The fraction of sp³-hybridized carbons (Fsp3) is 0. The van der Waals surface area contributed by atoms with Gasteiger partial charge < -0.3 is 0 Å². The summed E-state index contributed by atoms with van der Waals surface area (Å²) in [5.74, 6) is 1.82. The molecule has 0 spiro atoms. The van der Waals surface area contributed by atoms with E-state index in [0.717, 1.165) is 67.3 Å². The molecular formula is C66H42N4. The molecule has 2 aromatic heterocycles. The van der Waals surface area contributed by atoms with Crippen LogP contribution in [0.1, 0.15) is 0 Å². The molecule has 0 aliphatic carbocycles. The van der Waals surface area contributed by atoms with E-state index in [1.54, 1.807) is 0 Å². The second-order valence-electron chi connectivity index (χ2n) is 18.1. The van der Waals surface area contributed by atoms with Gasteiger partial charge >= 0.3 is 0 Å². The molecule has 0 unspecified atom stereocenters. The average molecular weight is 891 g/mol. The van der Waals surface area contributed by atoms with E-state index >= 15 is 0 Å². The van der Waals surface area contributed by atoms with Crippen LogP contribution in [0.4, 0.5) is 0 Å². The molecule has 0 aliphatic heterocycles. The van der Waals surface area contributed by atoms with E-state index in [4.69, 9.17) is 9.97 Å². The standard InChI is InChI=1S/C66H42N4/c1-3-21-49(22-4-1)69-61-31-13-11-29-59(61)67-65(69)46-35-33-43(34-36-46)47-37-39-55-57(41-47)63(53-27-15-19-44-17-7-9-25-51(44)53)56-40-38-48(42-58(56)64(55)54-28-16-20-45-18-8-10-26-52(45)54)66-68-60-30-12-14-32-62(60)70(66)50-23-5-2-6-24-50/h1-42H. The lowest BCUT2D eigenvalue weighted by Gasteiger charge is -2.21. The minimum Gasteiger partial charge on any atom is -0.292 e. The van der Waals surface area contributed by atoms with Crippen LogP contribution in [0.3, 0.4) is 0 Å². The highest BCUT2D eigenvalue weighted by molar-refractivity contribution is 6.26. The predicted molar refractivity (Wildman–Crippen MR) is 293 cm³/mol. The highest BCUT2D eigenvalue weighted by Gasteiger charge is 2.23. The molecule has 0 atom stereocenters. The molecule has 14 aromatic rings. The Morgan fingerprint density at radius 2 is 0.657 bits per heavy atom. The number of hydrogen-bond acceptors (Lipinski definition) is 2. The van der Waals surface area contributed by atoms with Gasteiger partial charge in [0.15, 0.2) is 0 Å². The van der Waals surface area contributed by atoms with Crippen molar-refractivity contribution >= 4 is 65.2 Å². The lowest BCUT2D eigenvalue weighted by Crippen LogP contribution is -1.98. The minimum atomic E-state index is 0.906. The van der Waals surface area contributed by atoms with Gasteiger partial charge in [-0.1, -0.05) is 194 Å². The summed E-state index contributed by atoms with van der Waals surface area (Å²) in [5.41, 5.74) is 15.5. The van der Waals surface area contributed by atoms with Crippen molar-refractivity contribution in [2.45, 2.75) is 0 Å². The number of rotatable bonds is 7. The number of hydrogen-bond donors (Lipinski definition) is 0. The molecule has 0 amide bonds. The number of imidazole rings is 2. The van der Waals surface area contributed by atoms with Gasteiger partial charge in [0.2, 0.25) is 0 Å². The van der Waals surface area contributed by atoms with Crippen molar-refractivity contribution in [1.29, 1.82) is 0 Å². The molecule has 12 aromatic carbocycles. The van der Waals surface area contributed by atoms with Crippen LogP contribution in [0.25, 0.3) is 133 Å². The van der Waals surface area contributed by atoms with Crippen molar-refractivity contribution in [3.63, 3.8) is 0 Å². The lowest BCUT2D eigenvalue weighted by atomic mass is 9.82. The molecule has 14 rings (SSSR count). The number of fused-ring (bicyclic) bond motifs is 6. The summed E-state index contributed by atoms with van der Waals surface area (Å²) in [6.07, 6.45) is 0. The zero-order valence-electron chi connectivity index (χ0n) is 38.0. The Morgan fingerprint density at radius 1 is 0.257 bits per heavy atom. The van der Waals surface area contributed by atoms with Crippen LogP contribution in [0.5, 0.6) is 0 Å². The largest absolute Gasteiger partial charge is 0.292 e. The van der Waals surface area contributed by atoms with E-state index in [1.165, 1.54) is 65.3 Å². The number of benzene rings is 12. The Bertz CT molecular complexity index is 4320. The second-order valence-corrected chi connectivity index (χ2v) is 18.1. The van der Waals surface area contributed by atoms with E-state index in [0.29, 0.717) is 0 Å². The zero-order chi connectivity index (χ0) is 46.1. The monoisotopic (exact) mass is 890 g/mol. The Morgan fingerprint density at radius 3 is 1.20 bits per heavy atom. The molecule has 0 saturated carbocycles. The van der Waals surface area contributed by atoms with Gasteiger partial charge in [-0.25, -0.2) is 9.97 Å². The summed E-state index contributed by atoms with van der Waals surface area (Å²) in [6.45, 7) is 0. The van der Waals surface area contributed by atoms with Crippen LogP contribution >= 0.6 is 0 Å². The topological polar surface area (TPSA) is 35.6 Å². The van der Waals surface area contributed by atoms with E-state index in [1.807, 2.05) is 0 Å². The van der Waals surface area contributed by atoms with Gasteiger partial charge in [-0.05, 0) is 137 Å². The van der Waals surface area contributed by atoms with Crippen LogP contribution in [0.2, 0.25) is 0 Å². The highest BCUT2D eigenvalue weighted by atomic mass is 15.1. The summed E-state index contributed by atoms with van der Waals surface area (Å²) >= 11 is 0. The van der Waals surface area contributed by atoms with Crippen LogP contribution in [0.15, 0.2) is 255 Å². The first-order valence-electron chi connectivity index (χ1n) is 23.9. The summed E-state index contributed by atoms with van der Waals surface area (Å²) in [6, 6.07) is 92.0. The van der Waals surface area contributed by atoms with Crippen molar-refractivity contribution in [3.05, 3.63) is 255 Å². The third-order valence-corrected chi connectivity index (χ3v) is 14.1. The molecule has 4 heteroatoms. The van der Waals surface area contributed by atoms with Gasteiger partial charge in [0.1, 0.15) is 11.6 Å². The molecule has 0 aliphatic rings. The molecule has 4 nitrogen and oxygen atoms in total. The predicted octanol–water partition coefficient (Wildman–Crippen LogP) is 17.3. The van der Waals surface area contributed by atoms with Gasteiger partial charge in [-0.2, -0.15) is 0 Å². The first-order valence-corrected chi connectivity index (χ1v) is 23.9. The normalized spacial score (nSPS) is 11.7. The Hall–Kier alpha value is -9.38. The van der Waals surface area contributed by atoms with Crippen molar-refractivity contribution in [3.8, 4) is 67.5 Å². The second kappa shape index (κ2) is 16.2. The van der Waals surface area contributed by atoms with E-state index in [2.05, 4.69) is 264 Å². The van der Waals surface area contributed by atoms with Gasteiger partial charge in [0.05, 0.1) is 22.1 Å². The number of aromatic nitrogens is 4. The molecule has 0 bridgehead atoms. The molecule has 0 fully saturated rings. The molecule has 0 saturated heterocycles. The average Bonchev–Trinajstić information content (AvgIpc) is 4.02. The molecular weight excluding hydrogens is 849 g/mol. The quantitative estimate of drug-likeness (QED) is 0.149. The summed E-state index contributed by atoms with van der Waals surface area (Å²) < 4.78 is 4.56. The van der Waals surface area contributed by atoms with Crippen LogP contribution in [-0.4, -0.2) is 19.1 Å². The maximum atomic E-state index is 5.36. The fourth-order valence-corrected chi connectivity index (χ4v) is 10.9. The van der Waals surface area contributed by atoms with Crippen molar-refractivity contribution < 1.29 is 0 Å². The van der Waals surface area contributed by atoms with Crippen molar-refractivity contribution in [2.75, 3.05) is 0 Å². The Kier molecular flexibility index (Phi) is 9.17. The summed E-state index contributed by atoms with van der Waals surface area (Å²) in [4.78, 5) is 10.5. The Labute approximate surface area is 404 Å². The third kappa shape index (κ3) is 6.38. The molecule has 2 heterocycles. The first-order chi connectivity index (χ1) is 34.7. The van der Waals surface area contributed by atoms with E-state index < -0.39 is 0 Å². The summed E-state index contributed by atoms with van der Waals surface area (Å²) in [5, 5.41) is 9.60. The maximum Gasteiger partial charge on any atom is 0.145 e. The van der Waals surface area contributed by atoms with Crippen molar-refractivity contribution in [2.24, 2.45) is 0 Å². The van der Waals surface area contributed by atoms with E-state index in [9.17, 15) is 0 Å². The number of para-hydroxylation sites is 6. The van der Waals surface area contributed by atoms with Gasteiger partial charge in [-0.15, -0.1) is 0 Å². The van der Waals surface area contributed by atoms with Crippen molar-refractivity contribution in [1.82, 2.24) is 19.1 Å². The third-order valence-electron chi connectivity index (χ3n) is 14.1. The van der Waals surface area contributed by atoms with Crippen LogP contribution in [0, 0.1) is 0 Å². The van der Waals surface area contributed by atoms with Gasteiger partial charge in [0.25, 0.3) is 0 Å². The van der Waals surface area contributed by atoms with Crippen LogP contribution < -0.4 is 0 Å². The maximum absolute atomic E-state index is 5.36.